The Bertz CT molecular complexity index is 328. The SMILES string of the molecule is COC(=O)C(c1ccccc1)C1CCC1. The van der Waals surface area contributed by atoms with Gasteiger partial charge >= 0.3 is 5.97 Å². The number of ether oxygens (including phenoxy) is 1. The zero-order valence-electron chi connectivity index (χ0n) is 8.98. The summed E-state index contributed by atoms with van der Waals surface area (Å²) in [6.45, 7) is 0. The van der Waals surface area contributed by atoms with E-state index in [0.29, 0.717) is 5.92 Å². The van der Waals surface area contributed by atoms with Crippen LogP contribution in [0.25, 0.3) is 0 Å². The van der Waals surface area contributed by atoms with Gasteiger partial charge in [-0.05, 0) is 24.3 Å². The molecule has 1 aliphatic carbocycles. The van der Waals surface area contributed by atoms with E-state index in [1.165, 1.54) is 13.5 Å². The highest BCUT2D eigenvalue weighted by molar-refractivity contribution is 5.78. The molecule has 80 valence electrons. The van der Waals surface area contributed by atoms with E-state index in [2.05, 4.69) is 0 Å². The highest BCUT2D eigenvalue weighted by Crippen LogP contribution is 2.39. The molecule has 1 saturated carbocycles. The molecule has 1 aromatic rings. The number of hydrogen-bond donors (Lipinski definition) is 0. The van der Waals surface area contributed by atoms with Crippen LogP contribution in [0.4, 0.5) is 0 Å². The minimum Gasteiger partial charge on any atom is -0.469 e. The molecule has 15 heavy (non-hydrogen) atoms. The van der Waals surface area contributed by atoms with Gasteiger partial charge in [-0.1, -0.05) is 36.8 Å². The normalized spacial score (nSPS) is 17.9. The van der Waals surface area contributed by atoms with E-state index >= 15 is 0 Å². The molecule has 1 unspecified atom stereocenters. The van der Waals surface area contributed by atoms with Crippen molar-refractivity contribution >= 4 is 5.97 Å². The molecule has 0 aromatic heterocycles. The molecule has 0 aliphatic heterocycles. The van der Waals surface area contributed by atoms with Crippen molar-refractivity contribution in [2.45, 2.75) is 25.2 Å². The maximum Gasteiger partial charge on any atom is 0.313 e. The molecule has 0 heterocycles. The van der Waals surface area contributed by atoms with Crippen LogP contribution in [0.5, 0.6) is 0 Å². The van der Waals surface area contributed by atoms with E-state index in [-0.39, 0.29) is 11.9 Å². The third-order valence-corrected chi connectivity index (χ3v) is 3.24. The molecule has 1 fully saturated rings. The van der Waals surface area contributed by atoms with Crippen molar-refractivity contribution in [3.05, 3.63) is 35.9 Å². The molecule has 2 rings (SSSR count). The van der Waals surface area contributed by atoms with E-state index in [4.69, 9.17) is 4.74 Å². The van der Waals surface area contributed by atoms with Gasteiger partial charge in [0.05, 0.1) is 13.0 Å². The number of carbonyl (C=O) groups excluding carboxylic acids is 1. The van der Waals surface area contributed by atoms with E-state index < -0.39 is 0 Å². The number of methoxy groups -OCH3 is 1. The Hall–Kier alpha value is -1.31. The second-order valence-corrected chi connectivity index (χ2v) is 4.10. The molecule has 0 radical (unpaired) electrons. The van der Waals surface area contributed by atoms with Crippen molar-refractivity contribution in [2.24, 2.45) is 5.92 Å². The summed E-state index contributed by atoms with van der Waals surface area (Å²) in [7, 11) is 1.47. The van der Waals surface area contributed by atoms with E-state index in [1.807, 2.05) is 30.3 Å². The van der Waals surface area contributed by atoms with E-state index in [0.717, 1.165) is 18.4 Å². The standard InChI is InChI=1S/C13H16O2/c1-15-13(14)12(11-8-5-9-11)10-6-3-2-4-7-10/h2-4,6-7,11-12H,5,8-9H2,1H3. The molecule has 0 spiro atoms. The second-order valence-electron chi connectivity index (χ2n) is 4.10. The van der Waals surface area contributed by atoms with Crippen LogP contribution in [0, 0.1) is 5.92 Å². The Morgan fingerprint density at radius 1 is 1.33 bits per heavy atom. The maximum absolute atomic E-state index is 11.7. The van der Waals surface area contributed by atoms with Crippen LogP contribution in [0.1, 0.15) is 30.7 Å². The quantitative estimate of drug-likeness (QED) is 0.708. The van der Waals surface area contributed by atoms with E-state index in [9.17, 15) is 4.79 Å². The van der Waals surface area contributed by atoms with Crippen LogP contribution in [-0.4, -0.2) is 13.1 Å². The number of hydrogen-bond acceptors (Lipinski definition) is 2. The molecule has 2 heteroatoms. The number of rotatable bonds is 3. The lowest BCUT2D eigenvalue weighted by molar-refractivity contribution is -0.144. The molecule has 0 amide bonds. The van der Waals surface area contributed by atoms with Crippen LogP contribution < -0.4 is 0 Å². The first kappa shape index (κ1) is 10.2. The third-order valence-electron chi connectivity index (χ3n) is 3.24. The summed E-state index contributed by atoms with van der Waals surface area (Å²) in [5.41, 5.74) is 1.09. The van der Waals surface area contributed by atoms with Gasteiger partial charge in [-0.25, -0.2) is 0 Å². The predicted octanol–water partition coefficient (Wildman–Crippen LogP) is 2.74. The summed E-state index contributed by atoms with van der Waals surface area (Å²) in [6.07, 6.45) is 3.54. The molecule has 0 N–H and O–H groups in total. The molecule has 0 saturated heterocycles. The fraction of sp³-hybridized carbons (Fsp3) is 0.462. The summed E-state index contributed by atoms with van der Waals surface area (Å²) in [6, 6.07) is 9.95. The minimum absolute atomic E-state index is 0.0510. The smallest absolute Gasteiger partial charge is 0.313 e. The number of esters is 1. The largest absolute Gasteiger partial charge is 0.469 e. The molecular weight excluding hydrogens is 188 g/mol. The molecule has 2 nitrogen and oxygen atoms in total. The van der Waals surface area contributed by atoms with Gasteiger partial charge in [0.2, 0.25) is 0 Å². The predicted molar refractivity (Wildman–Crippen MR) is 58.5 cm³/mol. The Morgan fingerprint density at radius 3 is 2.47 bits per heavy atom. The van der Waals surface area contributed by atoms with E-state index in [1.54, 1.807) is 0 Å². The molecule has 1 aromatic carbocycles. The minimum atomic E-state index is -0.0918. The summed E-state index contributed by atoms with van der Waals surface area (Å²) in [5, 5.41) is 0. The van der Waals surface area contributed by atoms with Crippen LogP contribution in [0.2, 0.25) is 0 Å². The van der Waals surface area contributed by atoms with Crippen molar-refractivity contribution in [3.8, 4) is 0 Å². The lowest BCUT2D eigenvalue weighted by Gasteiger charge is -2.32. The molecule has 1 atom stereocenters. The van der Waals surface area contributed by atoms with Crippen LogP contribution >= 0.6 is 0 Å². The lowest BCUT2D eigenvalue weighted by Crippen LogP contribution is -2.27. The van der Waals surface area contributed by atoms with Crippen LogP contribution in [0.15, 0.2) is 30.3 Å². The molecule has 1 aliphatic rings. The highest BCUT2D eigenvalue weighted by atomic mass is 16.5. The number of benzene rings is 1. The molecular formula is C13H16O2. The fourth-order valence-electron chi connectivity index (χ4n) is 2.16. The van der Waals surface area contributed by atoms with Gasteiger partial charge in [0.25, 0.3) is 0 Å². The summed E-state index contributed by atoms with van der Waals surface area (Å²) in [4.78, 5) is 11.7. The van der Waals surface area contributed by atoms with Gasteiger partial charge in [0.15, 0.2) is 0 Å². The van der Waals surface area contributed by atoms with Crippen molar-refractivity contribution in [1.29, 1.82) is 0 Å². The van der Waals surface area contributed by atoms with Gasteiger partial charge in [-0.15, -0.1) is 0 Å². The summed E-state index contributed by atoms with van der Waals surface area (Å²) < 4.78 is 4.88. The summed E-state index contributed by atoms with van der Waals surface area (Å²) in [5.74, 6) is 0.343. The van der Waals surface area contributed by atoms with Crippen LogP contribution in [0.3, 0.4) is 0 Å². The van der Waals surface area contributed by atoms with Gasteiger partial charge in [0, 0.05) is 0 Å². The first-order valence-electron chi connectivity index (χ1n) is 5.45. The second kappa shape index (κ2) is 4.47. The Balaban J connectivity index is 2.22. The van der Waals surface area contributed by atoms with Gasteiger partial charge in [-0.3, -0.25) is 4.79 Å². The topological polar surface area (TPSA) is 26.3 Å². The zero-order chi connectivity index (χ0) is 10.7. The third kappa shape index (κ3) is 2.04. The lowest BCUT2D eigenvalue weighted by atomic mass is 9.73. The maximum atomic E-state index is 11.7. The van der Waals surface area contributed by atoms with Crippen molar-refractivity contribution in [3.63, 3.8) is 0 Å². The summed E-state index contributed by atoms with van der Waals surface area (Å²) >= 11 is 0. The van der Waals surface area contributed by atoms with Crippen molar-refractivity contribution in [1.82, 2.24) is 0 Å². The Kier molecular flexibility index (Phi) is 3.05. The average molecular weight is 204 g/mol. The van der Waals surface area contributed by atoms with Gasteiger partial charge in [0.1, 0.15) is 0 Å². The average Bonchev–Trinajstić information content (AvgIpc) is 2.23. The first-order chi connectivity index (χ1) is 7.33. The monoisotopic (exact) mass is 204 g/mol. The van der Waals surface area contributed by atoms with Gasteiger partial charge in [-0.2, -0.15) is 0 Å². The van der Waals surface area contributed by atoms with Crippen LogP contribution in [-0.2, 0) is 9.53 Å². The molecule has 0 bridgehead atoms. The zero-order valence-corrected chi connectivity index (χ0v) is 8.98. The Morgan fingerprint density at radius 2 is 2.00 bits per heavy atom. The fourth-order valence-corrected chi connectivity index (χ4v) is 2.16. The first-order valence-corrected chi connectivity index (χ1v) is 5.45. The van der Waals surface area contributed by atoms with Gasteiger partial charge < -0.3 is 4.74 Å². The number of carbonyl (C=O) groups is 1. The van der Waals surface area contributed by atoms with Crippen molar-refractivity contribution < 1.29 is 9.53 Å². The Labute approximate surface area is 90.3 Å². The van der Waals surface area contributed by atoms with Crippen molar-refractivity contribution in [2.75, 3.05) is 7.11 Å². The highest BCUT2D eigenvalue weighted by Gasteiger charge is 2.34.